The molecule has 6 nitrogen and oxygen atoms in total. The summed E-state index contributed by atoms with van der Waals surface area (Å²) >= 11 is 0. The fourth-order valence-electron chi connectivity index (χ4n) is 2.60. The van der Waals surface area contributed by atoms with Crippen molar-refractivity contribution in [3.05, 3.63) is 29.8 Å². The number of sulfonamides is 1. The molecule has 0 aromatic heterocycles. The molecule has 0 bridgehead atoms. The van der Waals surface area contributed by atoms with Crippen LogP contribution in [0.2, 0.25) is 0 Å². The second-order valence-electron chi connectivity index (χ2n) is 6.14. The number of nitrogens with one attached hydrogen (secondary N) is 1. The Morgan fingerprint density at radius 3 is 2.96 bits per heavy atom. The van der Waals surface area contributed by atoms with Crippen molar-refractivity contribution < 1.29 is 13.2 Å². The van der Waals surface area contributed by atoms with Crippen LogP contribution in [-0.2, 0) is 14.8 Å². The SMILES string of the molecule is CC(C)CN1CCOC(CNS(=O)(=O)c2cccc(C#N)c2)C1. The minimum Gasteiger partial charge on any atom is -0.374 e. The van der Waals surface area contributed by atoms with Crippen LogP contribution in [0, 0.1) is 17.2 Å². The summed E-state index contributed by atoms with van der Waals surface area (Å²) in [5, 5.41) is 8.87. The Bertz CT molecular complexity index is 667. The molecule has 0 amide bonds. The molecule has 1 atom stereocenters. The fourth-order valence-corrected chi connectivity index (χ4v) is 3.72. The summed E-state index contributed by atoms with van der Waals surface area (Å²) in [5.74, 6) is 0.569. The molecular weight excluding hydrogens is 314 g/mol. The number of benzene rings is 1. The molecule has 7 heteroatoms. The van der Waals surface area contributed by atoms with Gasteiger partial charge in [-0.05, 0) is 24.1 Å². The molecule has 0 aliphatic carbocycles. The molecule has 2 rings (SSSR count). The lowest BCUT2D eigenvalue weighted by Gasteiger charge is -2.33. The van der Waals surface area contributed by atoms with Crippen molar-refractivity contribution in [3.63, 3.8) is 0 Å². The lowest BCUT2D eigenvalue weighted by Crippen LogP contribution is -2.48. The van der Waals surface area contributed by atoms with Crippen LogP contribution in [-0.4, -0.2) is 52.2 Å². The number of morpholine rings is 1. The van der Waals surface area contributed by atoms with E-state index in [2.05, 4.69) is 23.5 Å². The molecule has 1 aliphatic heterocycles. The van der Waals surface area contributed by atoms with Gasteiger partial charge in [-0.3, -0.25) is 4.90 Å². The molecule has 1 aliphatic rings. The van der Waals surface area contributed by atoms with E-state index in [0.29, 0.717) is 18.1 Å². The average molecular weight is 337 g/mol. The van der Waals surface area contributed by atoms with Crippen molar-refractivity contribution in [1.82, 2.24) is 9.62 Å². The topological polar surface area (TPSA) is 82.4 Å². The minimum atomic E-state index is -3.63. The molecule has 1 N–H and O–H groups in total. The fraction of sp³-hybridized carbons (Fsp3) is 0.562. The van der Waals surface area contributed by atoms with E-state index in [9.17, 15) is 8.42 Å². The van der Waals surface area contributed by atoms with Crippen LogP contribution in [0.25, 0.3) is 0 Å². The molecule has 0 spiro atoms. The van der Waals surface area contributed by atoms with Gasteiger partial charge in [0.05, 0.1) is 29.2 Å². The van der Waals surface area contributed by atoms with Gasteiger partial charge in [-0.25, -0.2) is 13.1 Å². The number of rotatable bonds is 6. The van der Waals surface area contributed by atoms with E-state index in [0.717, 1.165) is 19.6 Å². The van der Waals surface area contributed by atoms with Crippen molar-refractivity contribution in [2.45, 2.75) is 24.8 Å². The lowest BCUT2D eigenvalue weighted by molar-refractivity contribution is -0.0280. The van der Waals surface area contributed by atoms with Gasteiger partial charge in [0, 0.05) is 26.2 Å². The zero-order chi connectivity index (χ0) is 16.9. The van der Waals surface area contributed by atoms with Gasteiger partial charge >= 0.3 is 0 Å². The van der Waals surface area contributed by atoms with Gasteiger partial charge in [0.1, 0.15) is 0 Å². The average Bonchev–Trinajstić information content (AvgIpc) is 2.53. The van der Waals surface area contributed by atoms with Gasteiger partial charge in [-0.15, -0.1) is 0 Å². The van der Waals surface area contributed by atoms with Gasteiger partial charge in [-0.1, -0.05) is 19.9 Å². The second-order valence-corrected chi connectivity index (χ2v) is 7.90. The van der Waals surface area contributed by atoms with Crippen molar-refractivity contribution in [3.8, 4) is 6.07 Å². The predicted molar refractivity (Wildman–Crippen MR) is 87.4 cm³/mol. The normalized spacial score (nSPS) is 19.7. The number of hydrogen-bond acceptors (Lipinski definition) is 5. The van der Waals surface area contributed by atoms with Crippen molar-refractivity contribution >= 4 is 10.0 Å². The zero-order valence-corrected chi connectivity index (χ0v) is 14.3. The third kappa shape index (κ3) is 5.29. The van der Waals surface area contributed by atoms with Crippen molar-refractivity contribution in [2.24, 2.45) is 5.92 Å². The maximum absolute atomic E-state index is 12.3. The highest BCUT2D eigenvalue weighted by molar-refractivity contribution is 7.89. The quantitative estimate of drug-likeness (QED) is 0.843. The third-order valence-electron chi connectivity index (χ3n) is 3.62. The number of ether oxygens (including phenoxy) is 1. The van der Waals surface area contributed by atoms with Crippen LogP contribution >= 0.6 is 0 Å². The second kappa shape index (κ2) is 7.88. The summed E-state index contributed by atoms with van der Waals surface area (Å²) in [6, 6.07) is 7.94. The molecule has 1 aromatic rings. The molecular formula is C16H23N3O3S. The van der Waals surface area contributed by atoms with E-state index >= 15 is 0 Å². The predicted octanol–water partition coefficient (Wildman–Crippen LogP) is 1.19. The number of nitrogens with zero attached hydrogens (tertiary/aromatic N) is 2. The Morgan fingerprint density at radius 2 is 2.26 bits per heavy atom. The van der Waals surface area contributed by atoms with Crippen LogP contribution in [0.4, 0.5) is 0 Å². The molecule has 0 saturated carbocycles. The first-order valence-electron chi connectivity index (χ1n) is 7.74. The molecule has 1 fully saturated rings. The third-order valence-corrected chi connectivity index (χ3v) is 5.04. The highest BCUT2D eigenvalue weighted by Gasteiger charge is 2.23. The summed E-state index contributed by atoms with van der Waals surface area (Å²) in [6.07, 6.45) is -0.156. The molecule has 0 radical (unpaired) electrons. The Hall–Kier alpha value is -1.46. The maximum atomic E-state index is 12.3. The Balaban J connectivity index is 1.95. The summed E-state index contributed by atoms with van der Waals surface area (Å²) in [4.78, 5) is 2.40. The molecule has 126 valence electrons. The largest absolute Gasteiger partial charge is 0.374 e. The Kier molecular flexibility index (Phi) is 6.13. The van der Waals surface area contributed by atoms with Crippen LogP contribution in [0.3, 0.4) is 0 Å². The van der Waals surface area contributed by atoms with Crippen molar-refractivity contribution in [1.29, 1.82) is 5.26 Å². The molecule has 1 unspecified atom stereocenters. The van der Waals surface area contributed by atoms with Crippen LogP contribution < -0.4 is 4.72 Å². The summed E-state index contributed by atoms with van der Waals surface area (Å²) in [6.45, 7) is 7.75. The van der Waals surface area contributed by atoms with Gasteiger partial charge in [0.15, 0.2) is 0 Å². The Morgan fingerprint density at radius 1 is 1.48 bits per heavy atom. The molecule has 1 saturated heterocycles. The van der Waals surface area contributed by atoms with Crippen LogP contribution in [0.5, 0.6) is 0 Å². The smallest absolute Gasteiger partial charge is 0.240 e. The van der Waals surface area contributed by atoms with Crippen LogP contribution in [0.15, 0.2) is 29.2 Å². The highest BCUT2D eigenvalue weighted by Crippen LogP contribution is 2.12. The van der Waals surface area contributed by atoms with E-state index in [1.54, 1.807) is 12.1 Å². The zero-order valence-electron chi connectivity index (χ0n) is 13.5. The van der Waals surface area contributed by atoms with Gasteiger partial charge in [-0.2, -0.15) is 5.26 Å². The highest BCUT2D eigenvalue weighted by atomic mass is 32.2. The molecule has 1 aromatic carbocycles. The van der Waals surface area contributed by atoms with Gasteiger partial charge in [0.25, 0.3) is 0 Å². The summed E-state index contributed by atoms with van der Waals surface area (Å²) < 4.78 is 32.9. The lowest BCUT2D eigenvalue weighted by atomic mass is 10.2. The van der Waals surface area contributed by atoms with E-state index < -0.39 is 10.0 Å². The molecule has 23 heavy (non-hydrogen) atoms. The van der Waals surface area contributed by atoms with Crippen LogP contribution in [0.1, 0.15) is 19.4 Å². The van der Waals surface area contributed by atoms with E-state index in [1.807, 2.05) is 6.07 Å². The Labute approximate surface area is 138 Å². The number of hydrogen-bond donors (Lipinski definition) is 1. The maximum Gasteiger partial charge on any atom is 0.240 e. The van der Waals surface area contributed by atoms with Gasteiger partial charge in [0.2, 0.25) is 10.0 Å². The number of nitriles is 1. The van der Waals surface area contributed by atoms with E-state index in [4.69, 9.17) is 10.00 Å². The van der Waals surface area contributed by atoms with E-state index in [1.165, 1.54) is 12.1 Å². The van der Waals surface area contributed by atoms with Crippen molar-refractivity contribution in [2.75, 3.05) is 32.8 Å². The standard InChI is InChI=1S/C16H23N3O3S/c1-13(2)11-19-6-7-22-15(12-19)10-18-23(20,21)16-5-3-4-14(8-16)9-17/h3-5,8,13,15,18H,6-7,10-12H2,1-2H3. The molecule has 1 heterocycles. The van der Waals surface area contributed by atoms with Gasteiger partial charge < -0.3 is 4.74 Å². The van der Waals surface area contributed by atoms with E-state index in [-0.39, 0.29) is 17.5 Å². The summed E-state index contributed by atoms with van der Waals surface area (Å²) in [5.41, 5.74) is 0.324. The first kappa shape index (κ1) is 17.9. The first-order chi connectivity index (χ1) is 10.9. The minimum absolute atomic E-state index is 0.103. The first-order valence-corrected chi connectivity index (χ1v) is 9.23. The summed E-state index contributed by atoms with van der Waals surface area (Å²) in [7, 11) is -3.63. The monoisotopic (exact) mass is 337 g/mol.